The fourth-order valence-corrected chi connectivity index (χ4v) is 2.66. The third kappa shape index (κ3) is 3.48. The monoisotopic (exact) mass is 305 g/mol. The summed E-state index contributed by atoms with van der Waals surface area (Å²) in [5.41, 5.74) is 5.04. The first-order valence-electron chi connectivity index (χ1n) is 7.59. The summed E-state index contributed by atoms with van der Waals surface area (Å²) in [4.78, 5) is 12.3. The largest absolute Gasteiger partial charge is 0.308 e. The van der Waals surface area contributed by atoms with Crippen LogP contribution in [0.4, 0.5) is 5.82 Å². The van der Waals surface area contributed by atoms with E-state index in [0.29, 0.717) is 12.2 Å². The molecule has 0 aliphatic rings. The number of carbonyl (C=O) groups excluding carboxylic acids is 1. The number of hydrogen-bond acceptors (Lipinski definition) is 2. The van der Waals surface area contributed by atoms with Crippen molar-refractivity contribution in [2.45, 2.75) is 20.3 Å². The maximum absolute atomic E-state index is 12.3. The zero-order valence-corrected chi connectivity index (χ0v) is 13.3. The molecule has 0 radical (unpaired) electrons. The lowest BCUT2D eigenvalue weighted by Crippen LogP contribution is -2.15. The Kier molecular flexibility index (Phi) is 4.24. The second kappa shape index (κ2) is 6.48. The predicted molar refractivity (Wildman–Crippen MR) is 92.3 cm³/mol. The number of H-pyrrole nitrogens is 1. The molecule has 1 amide bonds. The second-order valence-corrected chi connectivity index (χ2v) is 5.65. The van der Waals surface area contributed by atoms with Gasteiger partial charge in [0.25, 0.3) is 0 Å². The number of benzene rings is 2. The van der Waals surface area contributed by atoms with Gasteiger partial charge in [-0.1, -0.05) is 60.2 Å². The number of rotatable bonds is 4. The highest BCUT2D eigenvalue weighted by Gasteiger charge is 2.14. The highest BCUT2D eigenvalue weighted by atomic mass is 16.1. The van der Waals surface area contributed by atoms with Crippen molar-refractivity contribution in [3.05, 3.63) is 71.4 Å². The summed E-state index contributed by atoms with van der Waals surface area (Å²) >= 11 is 0. The molecule has 0 atom stereocenters. The lowest BCUT2D eigenvalue weighted by atomic mass is 10.1. The van der Waals surface area contributed by atoms with Gasteiger partial charge in [-0.25, -0.2) is 0 Å². The van der Waals surface area contributed by atoms with Crippen LogP contribution in [0.5, 0.6) is 0 Å². The lowest BCUT2D eigenvalue weighted by Gasteiger charge is -2.07. The van der Waals surface area contributed by atoms with E-state index < -0.39 is 0 Å². The molecule has 0 spiro atoms. The average Bonchev–Trinajstić information content (AvgIpc) is 2.88. The SMILES string of the molecule is Cc1cccc(CC(=O)Nc2n[nH]c(C)c2-c2ccccc2)c1. The van der Waals surface area contributed by atoms with Crippen LogP contribution in [-0.2, 0) is 11.2 Å². The lowest BCUT2D eigenvalue weighted by molar-refractivity contribution is -0.115. The van der Waals surface area contributed by atoms with Crippen molar-refractivity contribution in [3.8, 4) is 11.1 Å². The topological polar surface area (TPSA) is 57.8 Å². The molecule has 116 valence electrons. The molecule has 0 saturated heterocycles. The number of aromatic amines is 1. The van der Waals surface area contributed by atoms with Crippen LogP contribution in [-0.4, -0.2) is 16.1 Å². The van der Waals surface area contributed by atoms with E-state index in [1.54, 1.807) is 0 Å². The summed E-state index contributed by atoms with van der Waals surface area (Å²) in [6.45, 7) is 3.97. The Morgan fingerprint density at radius 2 is 1.87 bits per heavy atom. The first-order chi connectivity index (χ1) is 11.1. The van der Waals surface area contributed by atoms with Crippen LogP contribution in [0.2, 0.25) is 0 Å². The Labute approximate surface area is 135 Å². The Hall–Kier alpha value is -2.88. The van der Waals surface area contributed by atoms with E-state index in [9.17, 15) is 4.79 Å². The van der Waals surface area contributed by atoms with Crippen LogP contribution in [0.25, 0.3) is 11.1 Å². The van der Waals surface area contributed by atoms with Gasteiger partial charge >= 0.3 is 0 Å². The summed E-state index contributed by atoms with van der Waals surface area (Å²) in [5.74, 6) is 0.505. The fraction of sp³-hybridized carbons (Fsp3) is 0.158. The van der Waals surface area contributed by atoms with Gasteiger partial charge in [-0.2, -0.15) is 5.10 Å². The molecule has 0 bridgehead atoms. The smallest absolute Gasteiger partial charge is 0.230 e. The Morgan fingerprint density at radius 1 is 1.09 bits per heavy atom. The molecule has 0 aliphatic heterocycles. The van der Waals surface area contributed by atoms with Gasteiger partial charge < -0.3 is 5.32 Å². The van der Waals surface area contributed by atoms with E-state index >= 15 is 0 Å². The Morgan fingerprint density at radius 3 is 2.61 bits per heavy atom. The van der Waals surface area contributed by atoms with Gasteiger partial charge in [0.15, 0.2) is 5.82 Å². The number of anilines is 1. The molecule has 1 heterocycles. The Bertz CT molecular complexity index is 822. The molecule has 23 heavy (non-hydrogen) atoms. The van der Waals surface area contributed by atoms with Crippen molar-refractivity contribution in [2.24, 2.45) is 0 Å². The normalized spacial score (nSPS) is 10.5. The van der Waals surface area contributed by atoms with Crippen LogP contribution in [0, 0.1) is 13.8 Å². The van der Waals surface area contributed by atoms with Crippen molar-refractivity contribution < 1.29 is 4.79 Å². The summed E-state index contributed by atoms with van der Waals surface area (Å²) in [6.07, 6.45) is 0.335. The minimum Gasteiger partial charge on any atom is -0.308 e. The van der Waals surface area contributed by atoms with Crippen molar-refractivity contribution >= 4 is 11.7 Å². The molecular weight excluding hydrogens is 286 g/mol. The summed E-state index contributed by atoms with van der Waals surface area (Å²) in [7, 11) is 0. The predicted octanol–water partition coefficient (Wildman–Crippen LogP) is 3.87. The molecule has 2 N–H and O–H groups in total. The van der Waals surface area contributed by atoms with E-state index in [4.69, 9.17) is 0 Å². The number of nitrogens with one attached hydrogen (secondary N) is 2. The molecule has 3 aromatic rings. The maximum atomic E-state index is 12.3. The van der Waals surface area contributed by atoms with Gasteiger partial charge in [0.1, 0.15) is 0 Å². The van der Waals surface area contributed by atoms with Crippen molar-refractivity contribution in [1.29, 1.82) is 0 Å². The van der Waals surface area contributed by atoms with E-state index in [2.05, 4.69) is 15.5 Å². The molecule has 0 fully saturated rings. The average molecular weight is 305 g/mol. The number of aryl methyl sites for hydroxylation is 2. The highest BCUT2D eigenvalue weighted by molar-refractivity contribution is 5.95. The van der Waals surface area contributed by atoms with Crippen LogP contribution in [0.3, 0.4) is 0 Å². The molecule has 0 saturated carbocycles. The standard InChI is InChI=1S/C19H19N3O/c1-13-7-6-8-15(11-13)12-17(23)20-19-18(14(2)21-22-19)16-9-4-3-5-10-16/h3-11H,12H2,1-2H3,(H2,20,21,22,23). The minimum atomic E-state index is -0.0701. The number of aromatic nitrogens is 2. The zero-order chi connectivity index (χ0) is 16.2. The van der Waals surface area contributed by atoms with Crippen LogP contribution in [0.15, 0.2) is 54.6 Å². The van der Waals surface area contributed by atoms with Gasteiger partial charge in [-0.15, -0.1) is 0 Å². The molecule has 1 aromatic heterocycles. The van der Waals surface area contributed by atoms with Gasteiger partial charge in [-0.3, -0.25) is 9.89 Å². The molecule has 4 heteroatoms. The van der Waals surface area contributed by atoms with Crippen LogP contribution < -0.4 is 5.32 Å². The van der Waals surface area contributed by atoms with Gasteiger partial charge in [0, 0.05) is 11.3 Å². The maximum Gasteiger partial charge on any atom is 0.230 e. The molecule has 0 unspecified atom stereocenters. The minimum absolute atomic E-state index is 0.0701. The molecule has 3 rings (SSSR count). The van der Waals surface area contributed by atoms with Crippen molar-refractivity contribution in [2.75, 3.05) is 5.32 Å². The third-order valence-electron chi connectivity index (χ3n) is 3.71. The van der Waals surface area contributed by atoms with Gasteiger partial charge in [0.05, 0.1) is 6.42 Å². The third-order valence-corrected chi connectivity index (χ3v) is 3.71. The van der Waals surface area contributed by atoms with E-state index in [1.165, 1.54) is 0 Å². The summed E-state index contributed by atoms with van der Waals surface area (Å²) in [5, 5.41) is 10.1. The highest BCUT2D eigenvalue weighted by Crippen LogP contribution is 2.29. The molecular formula is C19H19N3O. The number of carbonyl (C=O) groups is 1. The number of nitrogens with zero attached hydrogens (tertiary/aromatic N) is 1. The van der Waals surface area contributed by atoms with Crippen molar-refractivity contribution in [3.63, 3.8) is 0 Å². The van der Waals surface area contributed by atoms with Crippen molar-refractivity contribution in [1.82, 2.24) is 10.2 Å². The van der Waals surface area contributed by atoms with E-state index in [0.717, 1.165) is 27.9 Å². The number of amides is 1. The number of hydrogen-bond donors (Lipinski definition) is 2. The van der Waals surface area contributed by atoms with Crippen LogP contribution >= 0.6 is 0 Å². The first-order valence-corrected chi connectivity index (χ1v) is 7.59. The fourth-order valence-electron chi connectivity index (χ4n) is 2.66. The van der Waals surface area contributed by atoms with E-state index in [-0.39, 0.29) is 5.91 Å². The van der Waals surface area contributed by atoms with Gasteiger partial charge in [-0.05, 0) is 25.0 Å². The second-order valence-electron chi connectivity index (χ2n) is 5.65. The molecule has 2 aromatic carbocycles. The first kappa shape index (κ1) is 15.0. The Balaban J connectivity index is 1.80. The molecule has 0 aliphatic carbocycles. The zero-order valence-electron chi connectivity index (χ0n) is 13.3. The van der Waals surface area contributed by atoms with Gasteiger partial charge in [0.2, 0.25) is 5.91 Å². The van der Waals surface area contributed by atoms with E-state index in [1.807, 2.05) is 68.4 Å². The summed E-state index contributed by atoms with van der Waals surface area (Å²) in [6, 6.07) is 17.9. The summed E-state index contributed by atoms with van der Waals surface area (Å²) < 4.78 is 0. The van der Waals surface area contributed by atoms with Crippen LogP contribution in [0.1, 0.15) is 16.8 Å². The quantitative estimate of drug-likeness (QED) is 0.768. The molecule has 4 nitrogen and oxygen atoms in total.